The predicted octanol–water partition coefficient (Wildman–Crippen LogP) is 3.40. The van der Waals surface area contributed by atoms with Crippen LogP contribution in [0.25, 0.3) is 0 Å². The van der Waals surface area contributed by atoms with Gasteiger partial charge in [-0.15, -0.1) is 10.2 Å². The molecule has 28 heavy (non-hydrogen) atoms. The average molecular weight is 401 g/mol. The fraction of sp³-hybridized carbons (Fsp3) is 0.211. The number of methoxy groups -OCH3 is 2. The zero-order chi connectivity index (χ0) is 19.8. The second-order valence-electron chi connectivity index (χ2n) is 5.47. The second-order valence-corrected chi connectivity index (χ2v) is 6.39. The molecule has 0 fully saturated rings. The van der Waals surface area contributed by atoms with Crippen LogP contribution in [0.2, 0.25) is 0 Å². The summed E-state index contributed by atoms with van der Waals surface area (Å²) in [5.41, 5.74) is 0.683. The molecule has 2 aromatic carbocycles. The van der Waals surface area contributed by atoms with Crippen LogP contribution in [0.4, 0.5) is 5.69 Å². The number of carbonyl (C=O) groups is 1. The Morgan fingerprint density at radius 3 is 2.50 bits per heavy atom. The molecule has 1 amide bonds. The zero-order valence-corrected chi connectivity index (χ0v) is 16.2. The van der Waals surface area contributed by atoms with Crippen LogP contribution in [-0.2, 0) is 11.4 Å². The predicted molar refractivity (Wildman–Crippen MR) is 104 cm³/mol. The van der Waals surface area contributed by atoms with E-state index in [1.54, 1.807) is 50.6 Å². The molecule has 8 nitrogen and oxygen atoms in total. The number of benzene rings is 2. The van der Waals surface area contributed by atoms with Gasteiger partial charge < -0.3 is 23.9 Å². The number of anilines is 1. The first-order valence-electron chi connectivity index (χ1n) is 8.33. The molecular weight excluding hydrogens is 382 g/mol. The molecule has 9 heteroatoms. The summed E-state index contributed by atoms with van der Waals surface area (Å²) in [6.45, 7) is 0.103. The molecular formula is C19H19N3O5S. The van der Waals surface area contributed by atoms with Gasteiger partial charge in [-0.3, -0.25) is 4.79 Å². The van der Waals surface area contributed by atoms with E-state index in [0.29, 0.717) is 28.3 Å². The molecule has 0 radical (unpaired) electrons. The molecule has 1 aromatic heterocycles. The highest BCUT2D eigenvalue weighted by molar-refractivity contribution is 7.99. The van der Waals surface area contributed by atoms with Gasteiger partial charge in [0, 0.05) is 5.69 Å². The molecule has 0 saturated carbocycles. The van der Waals surface area contributed by atoms with Gasteiger partial charge in [-0.1, -0.05) is 23.9 Å². The first kappa shape index (κ1) is 19.6. The highest BCUT2D eigenvalue weighted by Gasteiger charge is 2.11. The molecule has 0 saturated heterocycles. The van der Waals surface area contributed by atoms with Gasteiger partial charge in [0.1, 0.15) is 5.75 Å². The van der Waals surface area contributed by atoms with E-state index in [0.717, 1.165) is 17.5 Å². The van der Waals surface area contributed by atoms with E-state index in [-0.39, 0.29) is 18.3 Å². The standard InChI is InChI=1S/C19H19N3O5S/c1-24-14-9-7-13(8-10-14)20-17(23)12-28-19-22-21-18(27-19)11-26-16-6-4-3-5-15(16)25-2/h3-10H,11-12H2,1-2H3,(H,20,23). The van der Waals surface area contributed by atoms with Crippen LogP contribution >= 0.6 is 11.8 Å². The van der Waals surface area contributed by atoms with Crippen molar-refractivity contribution in [2.75, 3.05) is 25.3 Å². The molecule has 3 aromatic rings. The van der Waals surface area contributed by atoms with Crippen molar-refractivity contribution in [1.29, 1.82) is 0 Å². The summed E-state index contributed by atoms with van der Waals surface area (Å²) in [5.74, 6) is 2.19. The summed E-state index contributed by atoms with van der Waals surface area (Å²) < 4.78 is 21.4. The van der Waals surface area contributed by atoms with E-state index in [2.05, 4.69) is 15.5 Å². The van der Waals surface area contributed by atoms with Crippen molar-refractivity contribution in [3.8, 4) is 17.2 Å². The summed E-state index contributed by atoms with van der Waals surface area (Å²) in [7, 11) is 3.16. The van der Waals surface area contributed by atoms with Crippen molar-refractivity contribution in [3.63, 3.8) is 0 Å². The smallest absolute Gasteiger partial charge is 0.277 e. The van der Waals surface area contributed by atoms with E-state index in [9.17, 15) is 4.79 Å². The Morgan fingerprint density at radius 1 is 1.04 bits per heavy atom. The van der Waals surface area contributed by atoms with Gasteiger partial charge >= 0.3 is 0 Å². The number of nitrogens with one attached hydrogen (secondary N) is 1. The summed E-state index contributed by atoms with van der Waals surface area (Å²) in [5, 5.41) is 10.9. The maximum Gasteiger partial charge on any atom is 0.277 e. The van der Waals surface area contributed by atoms with Crippen LogP contribution in [0.15, 0.2) is 58.2 Å². The number of para-hydroxylation sites is 2. The van der Waals surface area contributed by atoms with Gasteiger partial charge in [-0.2, -0.15) is 0 Å². The van der Waals surface area contributed by atoms with Crippen molar-refractivity contribution in [2.24, 2.45) is 0 Å². The van der Waals surface area contributed by atoms with Crippen molar-refractivity contribution in [2.45, 2.75) is 11.8 Å². The highest BCUT2D eigenvalue weighted by atomic mass is 32.2. The van der Waals surface area contributed by atoms with Crippen LogP contribution in [0.3, 0.4) is 0 Å². The number of thioether (sulfide) groups is 1. The zero-order valence-electron chi connectivity index (χ0n) is 15.4. The van der Waals surface area contributed by atoms with Crippen molar-refractivity contribution < 1.29 is 23.4 Å². The van der Waals surface area contributed by atoms with Crippen LogP contribution in [-0.4, -0.2) is 36.1 Å². The monoisotopic (exact) mass is 401 g/mol. The van der Waals surface area contributed by atoms with Crippen LogP contribution < -0.4 is 19.5 Å². The molecule has 0 unspecified atom stereocenters. The summed E-state index contributed by atoms with van der Waals surface area (Å²) >= 11 is 1.15. The normalized spacial score (nSPS) is 10.4. The van der Waals surface area contributed by atoms with Gasteiger partial charge in [0.2, 0.25) is 5.91 Å². The topological polar surface area (TPSA) is 95.7 Å². The quantitative estimate of drug-likeness (QED) is 0.545. The number of rotatable bonds is 9. The molecule has 0 aliphatic heterocycles. The number of hydrogen-bond acceptors (Lipinski definition) is 8. The Bertz CT molecular complexity index is 914. The van der Waals surface area contributed by atoms with Gasteiger partial charge in [0.05, 0.1) is 20.0 Å². The molecule has 1 N–H and O–H groups in total. The summed E-state index contributed by atoms with van der Waals surface area (Å²) in [6, 6.07) is 14.4. The number of ether oxygens (including phenoxy) is 3. The first-order valence-corrected chi connectivity index (χ1v) is 9.31. The molecule has 146 valence electrons. The van der Waals surface area contributed by atoms with E-state index in [1.165, 1.54) is 0 Å². The molecule has 0 bridgehead atoms. The Labute approximate surface area is 166 Å². The van der Waals surface area contributed by atoms with E-state index < -0.39 is 0 Å². The minimum absolute atomic E-state index is 0.103. The average Bonchev–Trinajstić information content (AvgIpc) is 3.19. The van der Waals surface area contributed by atoms with Gasteiger partial charge in [-0.05, 0) is 36.4 Å². The van der Waals surface area contributed by atoms with E-state index in [4.69, 9.17) is 18.6 Å². The molecule has 0 aliphatic carbocycles. The lowest BCUT2D eigenvalue weighted by Crippen LogP contribution is -2.13. The summed E-state index contributed by atoms with van der Waals surface area (Å²) in [6.07, 6.45) is 0. The lowest BCUT2D eigenvalue weighted by atomic mass is 10.3. The van der Waals surface area contributed by atoms with E-state index in [1.807, 2.05) is 12.1 Å². The Balaban J connectivity index is 1.46. The van der Waals surface area contributed by atoms with Crippen LogP contribution in [0.5, 0.6) is 17.2 Å². The minimum Gasteiger partial charge on any atom is -0.497 e. The maximum atomic E-state index is 12.0. The van der Waals surface area contributed by atoms with Crippen molar-refractivity contribution in [1.82, 2.24) is 10.2 Å². The fourth-order valence-corrected chi connectivity index (χ4v) is 2.81. The molecule has 0 spiro atoms. The first-order chi connectivity index (χ1) is 13.7. The number of hydrogen-bond donors (Lipinski definition) is 1. The van der Waals surface area contributed by atoms with Gasteiger partial charge in [0.25, 0.3) is 11.1 Å². The Morgan fingerprint density at radius 2 is 1.79 bits per heavy atom. The Kier molecular flexibility index (Phi) is 6.74. The lowest BCUT2D eigenvalue weighted by Gasteiger charge is -2.07. The Hall–Kier alpha value is -3.20. The maximum absolute atomic E-state index is 12.0. The van der Waals surface area contributed by atoms with E-state index >= 15 is 0 Å². The SMILES string of the molecule is COc1ccc(NC(=O)CSc2nnc(COc3ccccc3OC)o2)cc1. The fourth-order valence-electron chi connectivity index (χ4n) is 2.23. The van der Waals surface area contributed by atoms with Gasteiger partial charge in [-0.25, -0.2) is 0 Å². The number of carbonyl (C=O) groups excluding carboxylic acids is 1. The third-order valence-electron chi connectivity index (χ3n) is 3.57. The number of nitrogens with zero attached hydrogens (tertiary/aromatic N) is 2. The minimum atomic E-state index is -0.180. The summed E-state index contributed by atoms with van der Waals surface area (Å²) in [4.78, 5) is 12.0. The highest BCUT2D eigenvalue weighted by Crippen LogP contribution is 2.27. The van der Waals surface area contributed by atoms with Crippen molar-refractivity contribution >= 4 is 23.4 Å². The van der Waals surface area contributed by atoms with Crippen molar-refractivity contribution in [3.05, 3.63) is 54.4 Å². The molecule has 0 atom stereocenters. The largest absolute Gasteiger partial charge is 0.497 e. The lowest BCUT2D eigenvalue weighted by molar-refractivity contribution is -0.113. The van der Waals surface area contributed by atoms with Gasteiger partial charge in [0.15, 0.2) is 18.1 Å². The molecule has 1 heterocycles. The molecule has 3 rings (SSSR count). The second kappa shape index (κ2) is 9.65. The van der Waals surface area contributed by atoms with Crippen LogP contribution in [0, 0.1) is 0 Å². The van der Waals surface area contributed by atoms with Crippen LogP contribution in [0.1, 0.15) is 5.89 Å². The third-order valence-corrected chi connectivity index (χ3v) is 4.39. The molecule has 0 aliphatic rings. The third kappa shape index (κ3) is 5.40. The number of amides is 1. The number of aromatic nitrogens is 2.